The van der Waals surface area contributed by atoms with Crippen molar-refractivity contribution in [3.8, 4) is 5.69 Å². The van der Waals surface area contributed by atoms with Gasteiger partial charge in [0.25, 0.3) is 5.91 Å². The number of carbonyl (C=O) groups excluding carboxylic acids is 1. The molecule has 1 amide bonds. The van der Waals surface area contributed by atoms with Crippen molar-refractivity contribution in [2.45, 2.75) is 19.4 Å². The van der Waals surface area contributed by atoms with E-state index >= 15 is 0 Å². The first kappa shape index (κ1) is 19.0. The largest absolute Gasteiger partial charge is 0.492 e. The smallest absolute Gasteiger partial charge is 0.423 e. The van der Waals surface area contributed by atoms with Gasteiger partial charge in [0.15, 0.2) is 0 Å². The van der Waals surface area contributed by atoms with Crippen LogP contribution >= 0.6 is 23.2 Å². The average Bonchev–Trinajstić information content (AvgIpc) is 3.16. The van der Waals surface area contributed by atoms with Crippen LogP contribution in [0.25, 0.3) is 5.69 Å². The topological polar surface area (TPSA) is 76.4 Å². The van der Waals surface area contributed by atoms with Gasteiger partial charge in [-0.1, -0.05) is 29.3 Å². The van der Waals surface area contributed by atoms with Gasteiger partial charge in [0.05, 0.1) is 33.1 Å². The number of nitrogens with zero attached hydrogens (tertiary/aromatic N) is 2. The monoisotopic (exact) mass is 415 g/mol. The average molecular weight is 416 g/mol. The van der Waals surface area contributed by atoms with Gasteiger partial charge in [-0.3, -0.25) is 4.79 Å². The molecular formula is C19H16BCl2N3O3. The molecule has 0 atom stereocenters. The molecule has 28 heavy (non-hydrogen) atoms. The van der Waals surface area contributed by atoms with E-state index in [1.54, 1.807) is 41.2 Å². The first-order valence-electron chi connectivity index (χ1n) is 8.56. The molecule has 0 bridgehead atoms. The van der Waals surface area contributed by atoms with E-state index in [4.69, 9.17) is 27.9 Å². The van der Waals surface area contributed by atoms with Gasteiger partial charge in [0, 0.05) is 11.9 Å². The SMILES string of the molecule is CC1(C)OB(O)c2cc(NC(=O)c3ccc(-n4cc(Cl)cn4)cc3Cl)ccc21. The number of amides is 1. The minimum atomic E-state index is -1.02. The zero-order chi connectivity index (χ0) is 20.1. The van der Waals surface area contributed by atoms with E-state index in [0.29, 0.717) is 27.4 Å². The molecule has 0 aliphatic carbocycles. The zero-order valence-electron chi connectivity index (χ0n) is 15.1. The Hall–Kier alpha value is -2.32. The van der Waals surface area contributed by atoms with Crippen molar-refractivity contribution in [3.63, 3.8) is 0 Å². The number of aromatic nitrogens is 2. The maximum Gasteiger partial charge on any atom is 0.492 e. The van der Waals surface area contributed by atoms with Gasteiger partial charge in [-0.25, -0.2) is 4.68 Å². The first-order valence-corrected chi connectivity index (χ1v) is 9.32. The summed E-state index contributed by atoms with van der Waals surface area (Å²) in [6.07, 6.45) is 3.16. The second-order valence-corrected chi connectivity index (χ2v) is 7.85. The molecule has 0 spiro atoms. The second kappa shape index (κ2) is 6.94. The summed E-state index contributed by atoms with van der Waals surface area (Å²) < 4.78 is 7.11. The molecule has 4 rings (SSSR count). The highest BCUT2D eigenvalue weighted by Gasteiger charge is 2.40. The Morgan fingerprint density at radius 3 is 2.71 bits per heavy atom. The van der Waals surface area contributed by atoms with E-state index in [9.17, 15) is 9.82 Å². The highest BCUT2D eigenvalue weighted by molar-refractivity contribution is 6.62. The Kier molecular flexibility index (Phi) is 4.71. The molecule has 2 N–H and O–H groups in total. The highest BCUT2D eigenvalue weighted by Crippen LogP contribution is 2.31. The van der Waals surface area contributed by atoms with Gasteiger partial charge < -0.3 is 15.0 Å². The van der Waals surface area contributed by atoms with E-state index in [-0.39, 0.29) is 10.9 Å². The molecule has 142 valence electrons. The van der Waals surface area contributed by atoms with Crippen LogP contribution in [0.2, 0.25) is 10.0 Å². The molecule has 2 heterocycles. The van der Waals surface area contributed by atoms with Crippen LogP contribution in [0.4, 0.5) is 5.69 Å². The van der Waals surface area contributed by atoms with E-state index in [1.165, 1.54) is 6.20 Å². The van der Waals surface area contributed by atoms with Gasteiger partial charge in [0.1, 0.15) is 0 Å². The molecular weight excluding hydrogens is 400 g/mol. The molecule has 0 unspecified atom stereocenters. The van der Waals surface area contributed by atoms with E-state index < -0.39 is 12.7 Å². The lowest BCUT2D eigenvalue weighted by molar-refractivity contribution is 0.101. The fraction of sp³-hybridized carbons (Fsp3) is 0.158. The minimum Gasteiger partial charge on any atom is -0.423 e. The number of anilines is 1. The Labute approximate surface area is 172 Å². The predicted molar refractivity (Wildman–Crippen MR) is 110 cm³/mol. The summed E-state index contributed by atoms with van der Waals surface area (Å²) in [5, 5.41) is 17.8. The summed E-state index contributed by atoms with van der Waals surface area (Å²) in [5.74, 6) is -0.359. The standard InChI is InChI=1S/C19H16BCl2N3O3/c1-19(2)15-6-3-12(7-16(15)20(27)28-19)24-18(26)14-5-4-13(8-17(14)22)25-10-11(21)9-23-25/h3-10,27H,1-2H3,(H,24,26). The Balaban J connectivity index is 1.57. The van der Waals surface area contributed by atoms with Crippen molar-refractivity contribution in [2.75, 3.05) is 5.32 Å². The lowest BCUT2D eigenvalue weighted by Crippen LogP contribution is -2.29. The van der Waals surface area contributed by atoms with Gasteiger partial charge in [-0.05, 0) is 55.2 Å². The van der Waals surface area contributed by atoms with Crippen molar-refractivity contribution >= 4 is 47.4 Å². The summed E-state index contributed by atoms with van der Waals surface area (Å²) in [7, 11) is -1.02. The molecule has 0 fully saturated rings. The molecule has 0 saturated heterocycles. The third kappa shape index (κ3) is 3.42. The molecule has 9 heteroatoms. The number of nitrogens with one attached hydrogen (secondary N) is 1. The quantitative estimate of drug-likeness (QED) is 0.643. The third-order valence-corrected chi connectivity index (χ3v) is 5.15. The van der Waals surface area contributed by atoms with Crippen LogP contribution in [0.15, 0.2) is 48.8 Å². The van der Waals surface area contributed by atoms with Crippen LogP contribution in [0.1, 0.15) is 29.8 Å². The second-order valence-electron chi connectivity index (χ2n) is 7.00. The molecule has 6 nitrogen and oxygen atoms in total. The Morgan fingerprint density at radius 2 is 2.04 bits per heavy atom. The molecule has 1 aliphatic rings. The van der Waals surface area contributed by atoms with Crippen molar-refractivity contribution in [3.05, 3.63) is 70.0 Å². The van der Waals surface area contributed by atoms with E-state index in [0.717, 1.165) is 5.56 Å². The van der Waals surface area contributed by atoms with Crippen LogP contribution in [0.3, 0.4) is 0 Å². The highest BCUT2D eigenvalue weighted by atomic mass is 35.5. The maximum atomic E-state index is 12.7. The van der Waals surface area contributed by atoms with Gasteiger partial charge >= 0.3 is 7.12 Å². The number of benzene rings is 2. The number of hydrogen-bond donors (Lipinski definition) is 2. The fourth-order valence-electron chi connectivity index (χ4n) is 3.27. The molecule has 1 aromatic heterocycles. The van der Waals surface area contributed by atoms with E-state index in [1.807, 2.05) is 19.9 Å². The van der Waals surface area contributed by atoms with Crippen LogP contribution in [0, 0.1) is 0 Å². The summed E-state index contributed by atoms with van der Waals surface area (Å²) in [5.41, 5.74) is 2.50. The molecule has 0 radical (unpaired) electrons. The lowest BCUT2D eigenvalue weighted by Gasteiger charge is -2.19. The molecule has 1 aliphatic heterocycles. The first-order chi connectivity index (χ1) is 13.2. The van der Waals surface area contributed by atoms with E-state index in [2.05, 4.69) is 10.4 Å². The fourth-order valence-corrected chi connectivity index (χ4v) is 3.67. The number of fused-ring (bicyclic) bond motifs is 1. The van der Waals surface area contributed by atoms with Crippen molar-refractivity contribution in [1.82, 2.24) is 9.78 Å². The maximum absolute atomic E-state index is 12.7. The third-order valence-electron chi connectivity index (χ3n) is 4.64. The summed E-state index contributed by atoms with van der Waals surface area (Å²) in [4.78, 5) is 12.7. The predicted octanol–water partition coefficient (Wildman–Crippen LogP) is 3.38. The van der Waals surface area contributed by atoms with Crippen LogP contribution in [0.5, 0.6) is 0 Å². The van der Waals surface area contributed by atoms with Crippen LogP contribution < -0.4 is 10.8 Å². The van der Waals surface area contributed by atoms with Crippen molar-refractivity contribution in [1.29, 1.82) is 0 Å². The lowest BCUT2D eigenvalue weighted by atomic mass is 9.78. The van der Waals surface area contributed by atoms with Crippen molar-refractivity contribution in [2.24, 2.45) is 0 Å². The number of hydrogen-bond acceptors (Lipinski definition) is 4. The van der Waals surface area contributed by atoms with Crippen LogP contribution in [-0.2, 0) is 10.3 Å². The normalized spacial score (nSPS) is 14.8. The summed E-state index contributed by atoms with van der Waals surface area (Å²) >= 11 is 12.2. The molecule has 0 saturated carbocycles. The zero-order valence-corrected chi connectivity index (χ0v) is 16.6. The van der Waals surface area contributed by atoms with Gasteiger partial charge in [-0.15, -0.1) is 0 Å². The Morgan fingerprint density at radius 1 is 1.25 bits per heavy atom. The van der Waals surface area contributed by atoms with Crippen molar-refractivity contribution < 1.29 is 14.5 Å². The summed E-state index contributed by atoms with van der Waals surface area (Å²) in [6, 6.07) is 10.3. The molecule has 2 aromatic carbocycles. The number of carbonyl (C=O) groups is 1. The number of rotatable bonds is 3. The minimum absolute atomic E-state index is 0.285. The summed E-state index contributed by atoms with van der Waals surface area (Å²) in [6.45, 7) is 3.77. The number of halogens is 2. The van der Waals surface area contributed by atoms with Gasteiger partial charge in [-0.2, -0.15) is 5.10 Å². The molecule has 3 aromatic rings. The van der Waals surface area contributed by atoms with Gasteiger partial charge in [0.2, 0.25) is 0 Å². The van der Waals surface area contributed by atoms with Crippen LogP contribution in [-0.4, -0.2) is 27.8 Å². The Bertz CT molecular complexity index is 1080.